The molecule has 2 aromatic heterocycles. The lowest BCUT2D eigenvalue weighted by Gasteiger charge is -2.13. The van der Waals surface area contributed by atoms with Crippen LogP contribution in [0.15, 0.2) is 78.0 Å². The first-order valence-corrected chi connectivity index (χ1v) is 9.17. The zero-order valence-corrected chi connectivity index (χ0v) is 15.8. The van der Waals surface area contributed by atoms with E-state index in [0.29, 0.717) is 17.5 Å². The summed E-state index contributed by atoms with van der Waals surface area (Å²) in [6.07, 6.45) is 5.19. The van der Waals surface area contributed by atoms with Crippen molar-refractivity contribution >= 4 is 16.7 Å². The van der Waals surface area contributed by atoms with Gasteiger partial charge in [0.05, 0.1) is 11.1 Å². The van der Waals surface area contributed by atoms with Crippen molar-refractivity contribution in [3.05, 3.63) is 111 Å². The molecule has 0 spiro atoms. The predicted octanol–water partition coefficient (Wildman–Crippen LogP) is 4.29. The molecule has 2 heterocycles. The van der Waals surface area contributed by atoms with Crippen LogP contribution in [0.4, 0.5) is 0 Å². The van der Waals surface area contributed by atoms with Gasteiger partial charge in [-0.2, -0.15) is 0 Å². The largest absolute Gasteiger partial charge is 0.342 e. The van der Waals surface area contributed by atoms with Gasteiger partial charge < -0.3 is 4.57 Å². The first-order chi connectivity index (χ1) is 13.5. The van der Waals surface area contributed by atoms with Crippen molar-refractivity contribution in [2.24, 2.45) is 0 Å². The fourth-order valence-corrected chi connectivity index (χ4v) is 3.36. The molecule has 4 nitrogen and oxygen atoms in total. The minimum absolute atomic E-state index is 0.186. The summed E-state index contributed by atoms with van der Waals surface area (Å²) in [7, 11) is 0. The fourth-order valence-electron chi connectivity index (χ4n) is 3.36. The normalized spacial score (nSPS) is 10.9. The lowest BCUT2D eigenvalue weighted by atomic mass is 9.99. The second-order valence-corrected chi connectivity index (χ2v) is 7.01. The zero-order chi connectivity index (χ0) is 19.7. The number of nitrogens with zero attached hydrogens (tertiary/aromatic N) is 2. The van der Waals surface area contributed by atoms with E-state index < -0.39 is 0 Å². The number of ketones is 1. The molecule has 4 aromatic rings. The zero-order valence-electron chi connectivity index (χ0n) is 15.8. The van der Waals surface area contributed by atoms with E-state index in [2.05, 4.69) is 4.98 Å². The van der Waals surface area contributed by atoms with E-state index in [1.54, 1.807) is 30.7 Å². The molecule has 2 aromatic carbocycles. The highest BCUT2D eigenvalue weighted by molar-refractivity contribution is 6.10. The van der Waals surface area contributed by atoms with Crippen molar-refractivity contribution in [3.8, 4) is 0 Å². The number of aromatic nitrogens is 2. The molecule has 4 rings (SSSR count). The molecule has 0 saturated carbocycles. The third kappa shape index (κ3) is 3.25. The van der Waals surface area contributed by atoms with E-state index in [1.807, 2.05) is 60.9 Å². The number of hydrogen-bond donors (Lipinski definition) is 0. The Bertz CT molecular complexity index is 1240. The first-order valence-electron chi connectivity index (χ1n) is 9.17. The van der Waals surface area contributed by atoms with Crippen molar-refractivity contribution < 1.29 is 4.79 Å². The highest BCUT2D eigenvalue weighted by Crippen LogP contribution is 2.17. The van der Waals surface area contributed by atoms with Gasteiger partial charge >= 0.3 is 0 Å². The molecule has 0 radical (unpaired) electrons. The van der Waals surface area contributed by atoms with E-state index in [-0.39, 0.29) is 16.8 Å². The lowest BCUT2D eigenvalue weighted by molar-refractivity contribution is 0.103. The monoisotopic (exact) mass is 368 g/mol. The Balaban J connectivity index is 1.89. The van der Waals surface area contributed by atoms with Gasteiger partial charge in [-0.1, -0.05) is 30.3 Å². The SMILES string of the molecule is Cc1ccc(C(=O)c2cn(Cc3cccnc3)c3ccccc3c2=O)cc1C. The van der Waals surface area contributed by atoms with Gasteiger partial charge in [0.2, 0.25) is 5.43 Å². The van der Waals surface area contributed by atoms with Gasteiger partial charge in [-0.25, -0.2) is 0 Å². The molecular weight excluding hydrogens is 348 g/mol. The Morgan fingerprint density at radius 1 is 1.00 bits per heavy atom. The van der Waals surface area contributed by atoms with Crippen LogP contribution in [-0.2, 0) is 6.54 Å². The topological polar surface area (TPSA) is 52.0 Å². The van der Waals surface area contributed by atoms with Crippen molar-refractivity contribution in [2.45, 2.75) is 20.4 Å². The third-order valence-corrected chi connectivity index (χ3v) is 5.08. The molecule has 0 N–H and O–H groups in total. The van der Waals surface area contributed by atoms with Crippen molar-refractivity contribution in [2.75, 3.05) is 0 Å². The molecule has 0 saturated heterocycles. The fraction of sp³-hybridized carbons (Fsp3) is 0.125. The van der Waals surface area contributed by atoms with Gasteiger partial charge in [0.25, 0.3) is 0 Å². The Morgan fingerprint density at radius 3 is 2.57 bits per heavy atom. The van der Waals surface area contributed by atoms with Gasteiger partial charge in [0, 0.05) is 36.1 Å². The van der Waals surface area contributed by atoms with Crippen LogP contribution in [0, 0.1) is 13.8 Å². The Labute approximate surface area is 163 Å². The highest BCUT2D eigenvalue weighted by Gasteiger charge is 2.17. The van der Waals surface area contributed by atoms with E-state index in [4.69, 9.17) is 0 Å². The van der Waals surface area contributed by atoms with Crippen LogP contribution in [0.3, 0.4) is 0 Å². The van der Waals surface area contributed by atoms with Crippen LogP contribution in [0.2, 0.25) is 0 Å². The maximum Gasteiger partial charge on any atom is 0.200 e. The van der Waals surface area contributed by atoms with Crippen molar-refractivity contribution in [1.82, 2.24) is 9.55 Å². The molecule has 0 amide bonds. The molecular formula is C24H20N2O2. The second kappa shape index (κ2) is 7.24. The van der Waals surface area contributed by atoms with Crippen molar-refractivity contribution in [3.63, 3.8) is 0 Å². The van der Waals surface area contributed by atoms with Crippen LogP contribution < -0.4 is 5.43 Å². The average Bonchev–Trinajstić information content (AvgIpc) is 2.72. The van der Waals surface area contributed by atoms with E-state index >= 15 is 0 Å². The second-order valence-electron chi connectivity index (χ2n) is 7.01. The van der Waals surface area contributed by atoms with E-state index in [1.165, 1.54) is 0 Å². The summed E-state index contributed by atoms with van der Waals surface area (Å²) in [5.41, 5.74) is 4.43. The highest BCUT2D eigenvalue weighted by atomic mass is 16.1. The number of rotatable bonds is 4. The number of aryl methyl sites for hydroxylation is 2. The number of pyridine rings is 2. The van der Waals surface area contributed by atoms with Gasteiger partial charge in [-0.15, -0.1) is 0 Å². The Hall–Kier alpha value is -3.53. The maximum absolute atomic E-state index is 13.2. The first kappa shape index (κ1) is 17.9. The number of carbonyl (C=O) groups is 1. The summed E-state index contributed by atoms with van der Waals surface area (Å²) < 4.78 is 1.95. The minimum atomic E-state index is -0.251. The smallest absolute Gasteiger partial charge is 0.200 e. The molecule has 138 valence electrons. The number of hydrogen-bond acceptors (Lipinski definition) is 3. The summed E-state index contributed by atoms with van der Waals surface area (Å²) in [5.74, 6) is -0.251. The summed E-state index contributed by atoms with van der Waals surface area (Å²) in [6.45, 7) is 4.50. The van der Waals surface area contributed by atoms with Gasteiger partial charge in [-0.05, 0) is 54.8 Å². The summed E-state index contributed by atoms with van der Waals surface area (Å²) in [6, 6.07) is 16.8. The molecule has 0 aliphatic rings. The van der Waals surface area contributed by atoms with Gasteiger partial charge in [0.1, 0.15) is 0 Å². The Kier molecular flexibility index (Phi) is 4.62. The number of carbonyl (C=O) groups excluding carboxylic acids is 1. The van der Waals surface area contributed by atoms with Crippen LogP contribution in [0.1, 0.15) is 32.6 Å². The average molecular weight is 368 g/mol. The molecule has 4 heteroatoms. The van der Waals surface area contributed by atoms with Gasteiger partial charge in [0.15, 0.2) is 5.78 Å². The van der Waals surface area contributed by atoms with Crippen LogP contribution in [0.25, 0.3) is 10.9 Å². The maximum atomic E-state index is 13.2. The summed E-state index contributed by atoms with van der Waals surface area (Å²) in [5, 5.41) is 0.543. The third-order valence-electron chi connectivity index (χ3n) is 5.08. The number of para-hydroxylation sites is 1. The standard InChI is InChI=1S/C24H20N2O2/c1-16-9-10-19(12-17(16)2)23(27)21-15-26(14-18-6-5-11-25-13-18)22-8-4-3-7-20(22)24(21)28/h3-13,15H,14H2,1-2H3. The minimum Gasteiger partial charge on any atom is -0.342 e. The Morgan fingerprint density at radius 2 is 1.82 bits per heavy atom. The molecule has 28 heavy (non-hydrogen) atoms. The number of benzene rings is 2. The van der Waals surface area contributed by atoms with Gasteiger partial charge in [-0.3, -0.25) is 14.6 Å². The number of fused-ring (bicyclic) bond motifs is 1. The lowest BCUT2D eigenvalue weighted by Crippen LogP contribution is -2.20. The molecule has 0 bridgehead atoms. The quantitative estimate of drug-likeness (QED) is 0.505. The molecule has 0 aliphatic heterocycles. The predicted molar refractivity (Wildman–Crippen MR) is 111 cm³/mol. The molecule has 0 fully saturated rings. The summed E-state index contributed by atoms with van der Waals surface area (Å²) in [4.78, 5) is 30.4. The van der Waals surface area contributed by atoms with E-state index in [9.17, 15) is 9.59 Å². The van der Waals surface area contributed by atoms with Crippen LogP contribution in [0.5, 0.6) is 0 Å². The summed E-state index contributed by atoms with van der Waals surface area (Å²) >= 11 is 0. The van der Waals surface area contributed by atoms with Crippen LogP contribution >= 0.6 is 0 Å². The molecule has 0 aliphatic carbocycles. The molecule has 0 unspecified atom stereocenters. The van der Waals surface area contributed by atoms with Crippen LogP contribution in [-0.4, -0.2) is 15.3 Å². The van der Waals surface area contributed by atoms with E-state index in [0.717, 1.165) is 22.2 Å². The van der Waals surface area contributed by atoms with Crippen molar-refractivity contribution in [1.29, 1.82) is 0 Å². The molecule has 0 atom stereocenters.